The Balaban J connectivity index is 1.60. The zero-order chi connectivity index (χ0) is 21.7. The summed E-state index contributed by atoms with van der Waals surface area (Å²) < 4.78 is 10.6. The van der Waals surface area contributed by atoms with Gasteiger partial charge < -0.3 is 24.8 Å². The molecule has 7 heteroatoms. The SMILES string of the molecule is COc1cnc2cccc(C(O)CN3CCCC(CNC(=O)OC(C)(C)C)C3)c2c1. The molecule has 1 saturated heterocycles. The molecule has 1 aliphatic heterocycles. The zero-order valence-corrected chi connectivity index (χ0v) is 18.4. The Hall–Kier alpha value is -2.38. The lowest BCUT2D eigenvalue weighted by molar-refractivity contribution is 0.0491. The van der Waals surface area contributed by atoms with Gasteiger partial charge in [0.15, 0.2) is 0 Å². The first-order chi connectivity index (χ1) is 14.2. The largest absolute Gasteiger partial charge is 0.495 e. The first-order valence-corrected chi connectivity index (χ1v) is 10.5. The average molecular weight is 416 g/mol. The van der Waals surface area contributed by atoms with Gasteiger partial charge in [0.05, 0.1) is 24.9 Å². The minimum Gasteiger partial charge on any atom is -0.495 e. The van der Waals surface area contributed by atoms with E-state index >= 15 is 0 Å². The fourth-order valence-corrected chi connectivity index (χ4v) is 3.92. The molecule has 0 spiro atoms. The van der Waals surface area contributed by atoms with E-state index in [4.69, 9.17) is 9.47 Å². The van der Waals surface area contributed by atoms with Crippen molar-refractivity contribution >= 4 is 17.0 Å². The van der Waals surface area contributed by atoms with E-state index in [0.29, 0.717) is 24.8 Å². The summed E-state index contributed by atoms with van der Waals surface area (Å²) in [5.74, 6) is 1.01. The Morgan fingerprint density at radius 1 is 1.40 bits per heavy atom. The van der Waals surface area contributed by atoms with Crippen molar-refractivity contribution < 1.29 is 19.4 Å². The maximum absolute atomic E-state index is 11.9. The van der Waals surface area contributed by atoms with Gasteiger partial charge in [-0.1, -0.05) is 12.1 Å². The molecule has 0 bridgehead atoms. The summed E-state index contributed by atoms with van der Waals surface area (Å²) in [6.07, 6.45) is 2.78. The van der Waals surface area contributed by atoms with Gasteiger partial charge >= 0.3 is 6.09 Å². The molecule has 2 heterocycles. The number of nitrogens with zero attached hydrogens (tertiary/aromatic N) is 2. The predicted molar refractivity (Wildman–Crippen MR) is 117 cm³/mol. The third-order valence-corrected chi connectivity index (χ3v) is 5.30. The highest BCUT2D eigenvalue weighted by atomic mass is 16.6. The summed E-state index contributed by atoms with van der Waals surface area (Å²) in [5, 5.41) is 14.8. The van der Waals surface area contributed by atoms with Crippen LogP contribution < -0.4 is 10.1 Å². The third-order valence-electron chi connectivity index (χ3n) is 5.30. The molecule has 1 fully saturated rings. The Morgan fingerprint density at radius 2 is 2.20 bits per heavy atom. The number of pyridine rings is 1. The fourth-order valence-electron chi connectivity index (χ4n) is 3.92. The molecular weight excluding hydrogens is 382 g/mol. The number of aliphatic hydroxyl groups is 1. The van der Waals surface area contributed by atoms with E-state index < -0.39 is 11.7 Å². The number of amides is 1. The monoisotopic (exact) mass is 415 g/mol. The van der Waals surface area contributed by atoms with Crippen LogP contribution in [0.5, 0.6) is 5.75 Å². The van der Waals surface area contributed by atoms with Gasteiger partial charge in [-0.15, -0.1) is 0 Å². The van der Waals surface area contributed by atoms with E-state index in [-0.39, 0.29) is 6.09 Å². The molecule has 1 aliphatic rings. The number of hydrogen-bond donors (Lipinski definition) is 2. The van der Waals surface area contributed by atoms with Crippen molar-refractivity contribution in [3.05, 3.63) is 36.0 Å². The third kappa shape index (κ3) is 6.06. The van der Waals surface area contributed by atoms with Crippen molar-refractivity contribution in [2.75, 3.05) is 33.3 Å². The van der Waals surface area contributed by atoms with Gasteiger partial charge in [0, 0.05) is 25.0 Å². The van der Waals surface area contributed by atoms with Gasteiger partial charge in [-0.3, -0.25) is 4.98 Å². The number of aliphatic hydroxyl groups excluding tert-OH is 1. The highest BCUT2D eigenvalue weighted by Gasteiger charge is 2.24. The molecule has 2 N–H and O–H groups in total. The van der Waals surface area contributed by atoms with E-state index in [2.05, 4.69) is 15.2 Å². The Bertz CT molecular complexity index is 865. The van der Waals surface area contributed by atoms with Crippen LogP contribution in [0.25, 0.3) is 10.9 Å². The number of aromatic nitrogens is 1. The van der Waals surface area contributed by atoms with Crippen molar-refractivity contribution in [2.24, 2.45) is 5.92 Å². The number of carbonyl (C=O) groups excluding carboxylic acids is 1. The van der Waals surface area contributed by atoms with Crippen LogP contribution in [-0.2, 0) is 4.74 Å². The van der Waals surface area contributed by atoms with E-state index in [1.807, 2.05) is 45.0 Å². The standard InChI is InChI=1S/C23H33N3O4/c1-23(2,3)30-22(28)25-12-16-7-6-10-26(14-16)15-21(27)18-8-5-9-20-19(18)11-17(29-4)13-24-20/h5,8-9,11,13,16,21,27H,6-7,10,12,14-15H2,1-4H3,(H,25,28). The summed E-state index contributed by atoms with van der Waals surface area (Å²) in [4.78, 5) is 18.6. The molecular formula is C23H33N3O4. The summed E-state index contributed by atoms with van der Waals surface area (Å²) in [6.45, 7) is 8.46. The summed E-state index contributed by atoms with van der Waals surface area (Å²) in [6, 6.07) is 7.72. The van der Waals surface area contributed by atoms with Gasteiger partial charge in [0.2, 0.25) is 0 Å². The molecule has 2 aromatic rings. The van der Waals surface area contributed by atoms with Crippen LogP contribution in [0, 0.1) is 5.92 Å². The van der Waals surface area contributed by atoms with Crippen molar-refractivity contribution in [3.8, 4) is 5.75 Å². The van der Waals surface area contributed by atoms with Gasteiger partial charge in [-0.05, 0) is 63.8 Å². The Labute approximate surface area is 178 Å². The molecule has 1 aromatic carbocycles. The quantitative estimate of drug-likeness (QED) is 0.751. The Kier molecular flexibility index (Phi) is 7.15. The van der Waals surface area contributed by atoms with Crippen LogP contribution >= 0.6 is 0 Å². The predicted octanol–water partition coefficient (Wildman–Crippen LogP) is 3.51. The molecule has 0 aliphatic carbocycles. The van der Waals surface area contributed by atoms with Crippen LogP contribution in [0.3, 0.4) is 0 Å². The molecule has 1 aromatic heterocycles. The minimum absolute atomic E-state index is 0.341. The number of nitrogens with one attached hydrogen (secondary N) is 1. The lowest BCUT2D eigenvalue weighted by Gasteiger charge is -2.34. The minimum atomic E-state index is -0.625. The van der Waals surface area contributed by atoms with E-state index in [0.717, 1.165) is 42.4 Å². The van der Waals surface area contributed by atoms with Crippen LogP contribution in [-0.4, -0.2) is 60.0 Å². The normalized spacial score (nSPS) is 18.8. The molecule has 0 saturated carbocycles. The lowest BCUT2D eigenvalue weighted by atomic mass is 9.96. The highest BCUT2D eigenvalue weighted by molar-refractivity contribution is 5.83. The van der Waals surface area contributed by atoms with Crippen molar-refractivity contribution in [3.63, 3.8) is 0 Å². The lowest BCUT2D eigenvalue weighted by Crippen LogP contribution is -2.43. The highest BCUT2D eigenvalue weighted by Crippen LogP contribution is 2.28. The number of hydrogen-bond acceptors (Lipinski definition) is 6. The number of methoxy groups -OCH3 is 1. The van der Waals surface area contributed by atoms with Crippen LogP contribution in [0.2, 0.25) is 0 Å². The van der Waals surface area contributed by atoms with E-state index in [1.165, 1.54) is 0 Å². The number of likely N-dealkylation sites (tertiary alicyclic amines) is 1. The van der Waals surface area contributed by atoms with Crippen molar-refractivity contribution in [1.29, 1.82) is 0 Å². The molecule has 0 radical (unpaired) electrons. The maximum atomic E-state index is 11.9. The number of carbonyl (C=O) groups is 1. The molecule has 164 valence electrons. The van der Waals surface area contributed by atoms with Crippen molar-refractivity contribution in [1.82, 2.24) is 15.2 Å². The number of alkyl carbamates (subject to hydrolysis) is 1. The number of β-amino-alcohol motifs (C(OH)–C–C–N with tert-alkyl or cyclic N) is 1. The second kappa shape index (κ2) is 9.62. The second-order valence-corrected chi connectivity index (χ2v) is 8.96. The van der Waals surface area contributed by atoms with Crippen LogP contribution in [0.1, 0.15) is 45.3 Å². The first-order valence-electron chi connectivity index (χ1n) is 10.5. The molecule has 30 heavy (non-hydrogen) atoms. The van der Waals surface area contributed by atoms with Crippen LogP contribution in [0.15, 0.2) is 30.5 Å². The summed E-state index contributed by atoms with van der Waals surface area (Å²) in [5.41, 5.74) is 1.20. The van der Waals surface area contributed by atoms with Gasteiger partial charge in [-0.25, -0.2) is 4.79 Å². The van der Waals surface area contributed by atoms with Gasteiger partial charge in [0.1, 0.15) is 11.4 Å². The van der Waals surface area contributed by atoms with Crippen molar-refractivity contribution in [2.45, 2.75) is 45.3 Å². The Morgan fingerprint density at radius 3 is 2.93 bits per heavy atom. The van der Waals surface area contributed by atoms with E-state index in [1.54, 1.807) is 13.3 Å². The second-order valence-electron chi connectivity index (χ2n) is 8.96. The fraction of sp³-hybridized carbons (Fsp3) is 0.565. The molecule has 2 unspecified atom stereocenters. The van der Waals surface area contributed by atoms with Gasteiger partial charge in [0.25, 0.3) is 0 Å². The molecule has 3 rings (SSSR count). The maximum Gasteiger partial charge on any atom is 0.407 e. The van der Waals surface area contributed by atoms with Crippen LogP contribution in [0.4, 0.5) is 4.79 Å². The number of ether oxygens (including phenoxy) is 2. The molecule has 7 nitrogen and oxygen atoms in total. The molecule has 2 atom stereocenters. The van der Waals surface area contributed by atoms with Gasteiger partial charge in [-0.2, -0.15) is 0 Å². The number of piperidine rings is 1. The number of benzene rings is 1. The summed E-state index contributed by atoms with van der Waals surface area (Å²) in [7, 11) is 1.61. The smallest absolute Gasteiger partial charge is 0.407 e. The number of rotatable bonds is 6. The number of fused-ring (bicyclic) bond motifs is 1. The first kappa shape index (κ1) is 22.3. The van der Waals surface area contributed by atoms with E-state index in [9.17, 15) is 9.90 Å². The summed E-state index contributed by atoms with van der Waals surface area (Å²) >= 11 is 0. The zero-order valence-electron chi connectivity index (χ0n) is 18.4. The topological polar surface area (TPSA) is 83.9 Å². The molecule has 1 amide bonds. The average Bonchev–Trinajstić information content (AvgIpc) is 2.70.